The normalized spacial score (nSPS) is 19.7. The second-order valence-electron chi connectivity index (χ2n) is 9.83. The molecule has 220 valence electrons. The zero-order chi connectivity index (χ0) is 30.6. The SMILES string of the molecule is NS(=O)(=O)c1ccc(NC(=O)Cn2c3c(sc2=O)C(c2cccc(Br)c2)C2C(=O)N(c4ccc(F)cc4)C(=O)C2S3)cc1. The number of imide groups is 1. The van der Waals surface area contributed by atoms with Gasteiger partial charge in [-0.3, -0.25) is 23.7 Å². The van der Waals surface area contributed by atoms with E-state index in [9.17, 15) is 32.0 Å². The van der Waals surface area contributed by atoms with Gasteiger partial charge in [-0.25, -0.2) is 22.8 Å². The molecule has 2 aliphatic rings. The fraction of sp³-hybridized carbons (Fsp3) is 0.143. The molecule has 3 unspecified atom stereocenters. The average Bonchev–Trinajstić information content (AvgIpc) is 3.39. The molecule has 6 rings (SSSR count). The van der Waals surface area contributed by atoms with Crippen molar-refractivity contribution in [1.29, 1.82) is 0 Å². The van der Waals surface area contributed by atoms with Gasteiger partial charge < -0.3 is 5.32 Å². The number of nitrogens with two attached hydrogens (primary N) is 1. The number of hydrogen-bond donors (Lipinski definition) is 2. The number of rotatable bonds is 6. The number of halogens is 2. The summed E-state index contributed by atoms with van der Waals surface area (Å²) in [6.45, 7) is -0.388. The molecule has 0 aliphatic carbocycles. The highest BCUT2D eigenvalue weighted by atomic mass is 79.9. The summed E-state index contributed by atoms with van der Waals surface area (Å²) in [5, 5.41) is 7.26. The van der Waals surface area contributed by atoms with Gasteiger partial charge in [-0.05, 0) is 66.2 Å². The largest absolute Gasteiger partial charge is 0.325 e. The smallest absolute Gasteiger partial charge is 0.308 e. The number of thioether (sulfide) groups is 1. The Morgan fingerprint density at radius 2 is 1.70 bits per heavy atom. The summed E-state index contributed by atoms with van der Waals surface area (Å²) in [7, 11) is -3.91. The molecule has 0 radical (unpaired) electrons. The Labute approximate surface area is 260 Å². The highest BCUT2D eigenvalue weighted by Gasteiger charge is 2.56. The van der Waals surface area contributed by atoms with Gasteiger partial charge in [-0.1, -0.05) is 51.2 Å². The second-order valence-corrected chi connectivity index (χ2v) is 14.4. The number of carbonyl (C=O) groups excluding carboxylic acids is 3. The van der Waals surface area contributed by atoms with Crippen LogP contribution in [-0.2, 0) is 31.0 Å². The first-order valence-corrected chi connectivity index (χ1v) is 16.7. The highest BCUT2D eigenvalue weighted by molar-refractivity contribution is 9.10. The third-order valence-electron chi connectivity index (χ3n) is 7.11. The van der Waals surface area contributed by atoms with Crippen LogP contribution in [0.3, 0.4) is 0 Å². The summed E-state index contributed by atoms with van der Waals surface area (Å²) >= 11 is 5.43. The molecule has 0 spiro atoms. The topological polar surface area (TPSA) is 149 Å². The van der Waals surface area contributed by atoms with E-state index in [2.05, 4.69) is 21.2 Å². The predicted molar refractivity (Wildman–Crippen MR) is 163 cm³/mol. The first-order chi connectivity index (χ1) is 20.4. The van der Waals surface area contributed by atoms with Crippen LogP contribution in [0.15, 0.2) is 92.0 Å². The highest BCUT2D eigenvalue weighted by Crippen LogP contribution is 2.54. The van der Waals surface area contributed by atoms with E-state index in [0.717, 1.165) is 32.5 Å². The predicted octanol–water partition coefficient (Wildman–Crippen LogP) is 3.89. The Balaban J connectivity index is 1.37. The van der Waals surface area contributed by atoms with Gasteiger partial charge in [0, 0.05) is 21.0 Å². The minimum Gasteiger partial charge on any atom is -0.325 e. The first kappa shape index (κ1) is 29.4. The molecule has 0 saturated carbocycles. The monoisotopic (exact) mass is 702 g/mol. The second kappa shape index (κ2) is 11.1. The van der Waals surface area contributed by atoms with Crippen LogP contribution < -0.4 is 20.2 Å². The number of nitrogens with one attached hydrogen (secondary N) is 1. The average molecular weight is 704 g/mol. The molecule has 2 aliphatic heterocycles. The molecule has 1 fully saturated rings. The summed E-state index contributed by atoms with van der Waals surface area (Å²) in [6.07, 6.45) is 0. The van der Waals surface area contributed by atoms with Crippen molar-refractivity contribution in [2.24, 2.45) is 11.1 Å². The molecule has 15 heteroatoms. The van der Waals surface area contributed by atoms with Gasteiger partial charge in [0.1, 0.15) is 17.6 Å². The lowest BCUT2D eigenvalue weighted by Gasteiger charge is -2.30. The number of carbonyl (C=O) groups is 3. The van der Waals surface area contributed by atoms with Gasteiger partial charge in [0.2, 0.25) is 27.7 Å². The van der Waals surface area contributed by atoms with E-state index in [4.69, 9.17) is 5.14 Å². The Morgan fingerprint density at radius 1 is 1.00 bits per heavy atom. The number of fused-ring (bicyclic) bond motifs is 2. The Morgan fingerprint density at radius 3 is 2.35 bits per heavy atom. The number of hydrogen-bond acceptors (Lipinski definition) is 8. The van der Waals surface area contributed by atoms with E-state index in [-0.39, 0.29) is 17.1 Å². The third-order valence-corrected chi connectivity index (χ3v) is 11.1. The fourth-order valence-corrected chi connectivity index (χ4v) is 8.94. The molecule has 3 heterocycles. The Bertz CT molecular complexity index is 1960. The fourth-order valence-electron chi connectivity index (χ4n) is 5.23. The molecule has 0 bridgehead atoms. The summed E-state index contributed by atoms with van der Waals surface area (Å²) in [4.78, 5) is 55.0. The van der Waals surface area contributed by atoms with Crippen LogP contribution in [0.5, 0.6) is 0 Å². The maximum atomic E-state index is 13.9. The summed E-state index contributed by atoms with van der Waals surface area (Å²) in [5.41, 5.74) is 1.24. The molecule has 10 nitrogen and oxygen atoms in total. The van der Waals surface area contributed by atoms with Crippen molar-refractivity contribution in [2.45, 2.75) is 27.6 Å². The van der Waals surface area contributed by atoms with Crippen LogP contribution in [0.1, 0.15) is 16.4 Å². The summed E-state index contributed by atoms with van der Waals surface area (Å²) in [5.74, 6) is -3.53. The minimum atomic E-state index is -3.91. The van der Waals surface area contributed by atoms with E-state index in [1.165, 1.54) is 53.1 Å². The lowest BCUT2D eigenvalue weighted by atomic mass is 9.83. The maximum absolute atomic E-state index is 13.9. The van der Waals surface area contributed by atoms with E-state index >= 15 is 0 Å². The number of thiazole rings is 1. The van der Waals surface area contributed by atoms with Crippen molar-refractivity contribution in [3.8, 4) is 0 Å². The molecule has 1 saturated heterocycles. The van der Waals surface area contributed by atoms with E-state index in [1.54, 1.807) is 6.07 Å². The number of primary sulfonamides is 1. The van der Waals surface area contributed by atoms with Crippen molar-refractivity contribution in [3.05, 3.63) is 103 Å². The van der Waals surface area contributed by atoms with Crippen molar-refractivity contribution >= 4 is 78.1 Å². The van der Waals surface area contributed by atoms with Gasteiger partial charge >= 0.3 is 4.87 Å². The first-order valence-electron chi connectivity index (χ1n) is 12.6. The van der Waals surface area contributed by atoms with Crippen molar-refractivity contribution in [1.82, 2.24) is 4.57 Å². The van der Waals surface area contributed by atoms with E-state index in [1.807, 2.05) is 18.2 Å². The number of anilines is 2. The van der Waals surface area contributed by atoms with E-state index < -0.39 is 55.5 Å². The molecule has 1 aromatic heterocycles. The Kier molecular flexibility index (Phi) is 7.62. The van der Waals surface area contributed by atoms with Gasteiger partial charge in [0.15, 0.2) is 0 Å². The van der Waals surface area contributed by atoms with Crippen molar-refractivity contribution < 1.29 is 27.2 Å². The molecule has 3 atom stereocenters. The Hall–Kier alpha value is -3.63. The number of amides is 3. The lowest BCUT2D eigenvalue weighted by molar-refractivity contribution is -0.122. The molecular formula is C28H20BrFN4O6S3. The van der Waals surface area contributed by atoms with Gasteiger partial charge in [-0.2, -0.15) is 0 Å². The zero-order valence-electron chi connectivity index (χ0n) is 21.8. The number of sulfonamides is 1. The molecule has 4 aromatic rings. The molecule has 3 aromatic carbocycles. The van der Waals surface area contributed by atoms with Gasteiger partial charge in [0.25, 0.3) is 0 Å². The molecule has 43 heavy (non-hydrogen) atoms. The number of aromatic nitrogens is 1. The molecule has 3 N–H and O–H groups in total. The van der Waals surface area contributed by atoms with Crippen LogP contribution in [-0.4, -0.2) is 36.0 Å². The molecule has 3 amide bonds. The van der Waals surface area contributed by atoms with Gasteiger partial charge in [0.05, 0.1) is 21.5 Å². The van der Waals surface area contributed by atoms with Crippen LogP contribution in [0.4, 0.5) is 15.8 Å². The number of nitrogens with zero attached hydrogens (tertiary/aromatic N) is 2. The van der Waals surface area contributed by atoms with E-state index in [0.29, 0.717) is 21.2 Å². The summed E-state index contributed by atoms with van der Waals surface area (Å²) in [6, 6.07) is 17.6. The van der Waals surface area contributed by atoms with Crippen LogP contribution in [0.2, 0.25) is 0 Å². The number of benzene rings is 3. The van der Waals surface area contributed by atoms with Crippen LogP contribution in [0, 0.1) is 11.7 Å². The molecular weight excluding hydrogens is 683 g/mol. The third kappa shape index (κ3) is 5.47. The minimum absolute atomic E-state index is 0.122. The maximum Gasteiger partial charge on any atom is 0.308 e. The van der Waals surface area contributed by atoms with Gasteiger partial charge in [-0.15, -0.1) is 0 Å². The lowest BCUT2D eigenvalue weighted by Crippen LogP contribution is -2.33. The standard InChI is InChI=1S/C28H20BrFN4O6S3/c29-15-3-1-2-14(12-15)21-22-23(26(37)34(25(22)36)18-8-4-16(30)5-9-18)41-27-24(21)42-28(38)33(27)13-20(35)32-17-6-10-19(11-7-17)43(31,39)40/h1-12,21-23H,13H2,(H,32,35)(H2,31,39,40). The van der Waals surface area contributed by atoms with Crippen LogP contribution >= 0.6 is 39.0 Å². The summed E-state index contributed by atoms with van der Waals surface area (Å²) < 4.78 is 38.7. The van der Waals surface area contributed by atoms with Crippen molar-refractivity contribution in [3.63, 3.8) is 0 Å². The quantitative estimate of drug-likeness (QED) is 0.290. The zero-order valence-corrected chi connectivity index (χ0v) is 25.8. The van der Waals surface area contributed by atoms with Crippen LogP contribution in [0.25, 0.3) is 0 Å². The van der Waals surface area contributed by atoms with Crippen molar-refractivity contribution in [2.75, 3.05) is 10.2 Å².